The van der Waals surface area contributed by atoms with Crippen molar-refractivity contribution in [3.05, 3.63) is 74.6 Å². The van der Waals surface area contributed by atoms with Crippen LogP contribution in [0, 0.1) is 24.7 Å². The first-order valence-corrected chi connectivity index (χ1v) is 15.1. The number of rotatable bonds is 6. The summed E-state index contributed by atoms with van der Waals surface area (Å²) in [6.45, 7) is 12.1. The van der Waals surface area contributed by atoms with Gasteiger partial charge in [-0.3, -0.25) is 14.4 Å². The Hall–Kier alpha value is -3.58. The first kappa shape index (κ1) is 30.9. The van der Waals surface area contributed by atoms with E-state index in [4.69, 9.17) is 21.1 Å². The van der Waals surface area contributed by atoms with Gasteiger partial charge in [0, 0.05) is 54.0 Å². The smallest absolute Gasteiger partial charge is 0.262 e. The first-order valence-electron chi connectivity index (χ1n) is 14.7. The van der Waals surface area contributed by atoms with Crippen molar-refractivity contribution in [2.24, 2.45) is 10.8 Å². The molecule has 1 aliphatic heterocycles. The van der Waals surface area contributed by atoms with E-state index in [-0.39, 0.29) is 45.7 Å². The quantitative estimate of drug-likeness (QED) is 0.372. The summed E-state index contributed by atoms with van der Waals surface area (Å²) in [5, 5.41) is 3.13. The zero-order valence-corrected chi connectivity index (χ0v) is 27.1. The summed E-state index contributed by atoms with van der Waals surface area (Å²) in [7, 11) is 3.49. The van der Waals surface area contributed by atoms with E-state index in [0.717, 1.165) is 41.1 Å². The number of benzene rings is 2. The molecule has 0 saturated heterocycles. The molecular weight excluding hydrogens is 564 g/mol. The van der Waals surface area contributed by atoms with Crippen LogP contribution in [0.1, 0.15) is 76.0 Å². The summed E-state index contributed by atoms with van der Waals surface area (Å²) in [6.07, 6.45) is 2.27. The maximum Gasteiger partial charge on any atom is 0.262 e. The Bertz CT molecular complexity index is 1550. The highest BCUT2D eigenvalue weighted by atomic mass is 35.5. The number of methoxy groups -OCH3 is 1. The molecule has 2 aliphatic carbocycles. The van der Waals surface area contributed by atoms with Gasteiger partial charge in [-0.15, -0.1) is 0 Å². The van der Waals surface area contributed by atoms with Crippen LogP contribution in [0.25, 0.3) is 0 Å². The fourth-order valence-electron chi connectivity index (χ4n) is 6.74. The summed E-state index contributed by atoms with van der Waals surface area (Å²) in [4.78, 5) is 42.5. The Morgan fingerprint density at radius 3 is 2.09 bits per heavy atom. The molecule has 0 radical (unpaired) electrons. The summed E-state index contributed by atoms with van der Waals surface area (Å²) in [6, 6.07) is 9.37. The summed E-state index contributed by atoms with van der Waals surface area (Å²) >= 11 is 6.82. The highest BCUT2D eigenvalue weighted by Crippen LogP contribution is 2.55. The Morgan fingerprint density at radius 1 is 0.953 bits per heavy atom. The van der Waals surface area contributed by atoms with Crippen molar-refractivity contribution in [3.8, 4) is 11.5 Å². The van der Waals surface area contributed by atoms with E-state index >= 15 is 0 Å². The predicted octanol–water partition coefficient (Wildman–Crippen LogP) is 7.30. The maximum atomic E-state index is 13.8. The Kier molecular flexibility index (Phi) is 8.01. The molecular formula is C35H41ClN2O5. The van der Waals surface area contributed by atoms with Gasteiger partial charge in [-0.05, 0) is 72.4 Å². The summed E-state index contributed by atoms with van der Waals surface area (Å²) in [5.41, 5.74) is 6.27. The highest BCUT2D eigenvalue weighted by molar-refractivity contribution is 6.32. The largest absolute Gasteiger partial charge is 0.493 e. The van der Waals surface area contributed by atoms with Crippen molar-refractivity contribution in [2.75, 3.05) is 26.1 Å². The Labute approximate surface area is 259 Å². The topological polar surface area (TPSA) is 84.9 Å². The fourth-order valence-corrected chi connectivity index (χ4v) is 7.01. The number of aryl methyl sites for hydroxylation is 2. The van der Waals surface area contributed by atoms with Crippen LogP contribution in [0.15, 0.2) is 52.9 Å². The van der Waals surface area contributed by atoms with Gasteiger partial charge in [0.2, 0.25) is 0 Å². The van der Waals surface area contributed by atoms with Gasteiger partial charge in [-0.25, -0.2) is 0 Å². The normalized spacial score (nSPS) is 19.7. The SMILES string of the molecule is COc1cc(C2C3=C(CC(C)(C)CC3=O)N(C)C3=C2C(=O)CC(C)(C)C3)cc(Cl)c1OCC(=O)Nc1cc(C)ccc1C. The average Bonchev–Trinajstić information content (AvgIpc) is 2.89. The van der Waals surface area contributed by atoms with E-state index in [1.54, 1.807) is 12.1 Å². The monoisotopic (exact) mass is 604 g/mol. The van der Waals surface area contributed by atoms with Crippen LogP contribution in [0.2, 0.25) is 5.02 Å². The van der Waals surface area contributed by atoms with E-state index in [9.17, 15) is 14.4 Å². The minimum Gasteiger partial charge on any atom is -0.493 e. The van der Waals surface area contributed by atoms with Crippen LogP contribution < -0.4 is 14.8 Å². The van der Waals surface area contributed by atoms with Gasteiger partial charge < -0.3 is 19.7 Å². The lowest BCUT2D eigenvalue weighted by molar-refractivity contribution is -0.120. The number of nitrogens with zero attached hydrogens (tertiary/aromatic N) is 1. The minimum atomic E-state index is -0.554. The highest BCUT2D eigenvalue weighted by Gasteiger charge is 2.48. The fraction of sp³-hybridized carbons (Fsp3) is 0.457. The number of ketones is 2. The molecule has 0 bridgehead atoms. The van der Waals surface area contributed by atoms with Crippen LogP contribution in [0.5, 0.6) is 11.5 Å². The second-order valence-corrected chi connectivity index (χ2v) is 14.2. The standard InChI is InChI=1S/C35H41ClN2O5/c1-19-9-10-20(2)23(11-19)37-29(41)18-43-33-22(36)12-21(13-28(33)42-8)30-31-24(14-34(3,4)16-26(31)39)38(7)25-15-35(5,6)17-27(40)32(25)30/h9-13,30H,14-18H2,1-8H3,(H,37,41). The zero-order valence-electron chi connectivity index (χ0n) is 26.4. The van der Waals surface area contributed by atoms with Crippen molar-refractivity contribution in [1.29, 1.82) is 0 Å². The minimum absolute atomic E-state index is 0.0470. The van der Waals surface area contributed by atoms with Gasteiger partial charge in [-0.2, -0.15) is 0 Å². The van der Waals surface area contributed by atoms with Gasteiger partial charge in [0.25, 0.3) is 5.91 Å². The number of carbonyl (C=O) groups excluding carboxylic acids is 3. The van der Waals surface area contributed by atoms with Crippen LogP contribution >= 0.6 is 11.6 Å². The third kappa shape index (κ3) is 5.97. The van der Waals surface area contributed by atoms with E-state index < -0.39 is 5.92 Å². The predicted molar refractivity (Wildman–Crippen MR) is 169 cm³/mol. The number of hydrogen-bond donors (Lipinski definition) is 1. The molecule has 228 valence electrons. The van der Waals surface area contributed by atoms with Crippen LogP contribution in [-0.4, -0.2) is 43.1 Å². The van der Waals surface area contributed by atoms with Gasteiger partial charge in [0.1, 0.15) is 0 Å². The third-order valence-electron chi connectivity index (χ3n) is 8.78. The molecule has 0 spiro atoms. The molecule has 1 N–H and O–H groups in total. The third-order valence-corrected chi connectivity index (χ3v) is 9.06. The lowest BCUT2D eigenvalue weighted by atomic mass is 9.63. The van der Waals surface area contributed by atoms with E-state index in [0.29, 0.717) is 35.3 Å². The van der Waals surface area contributed by atoms with E-state index in [1.807, 2.05) is 39.1 Å². The molecule has 2 aromatic rings. The molecule has 43 heavy (non-hydrogen) atoms. The number of nitrogens with one attached hydrogen (secondary N) is 1. The van der Waals surface area contributed by atoms with Crippen molar-refractivity contribution in [2.45, 2.75) is 73.1 Å². The number of anilines is 1. The van der Waals surface area contributed by atoms with Gasteiger partial charge >= 0.3 is 0 Å². The first-order chi connectivity index (χ1) is 20.1. The number of carbonyl (C=O) groups is 3. The Morgan fingerprint density at radius 2 is 1.53 bits per heavy atom. The van der Waals surface area contributed by atoms with Crippen molar-refractivity contribution in [3.63, 3.8) is 0 Å². The van der Waals surface area contributed by atoms with Crippen LogP contribution in [0.4, 0.5) is 5.69 Å². The zero-order chi connectivity index (χ0) is 31.4. The lowest BCUT2D eigenvalue weighted by Gasteiger charge is -2.48. The molecule has 1 heterocycles. The molecule has 8 heteroatoms. The number of ether oxygens (including phenoxy) is 2. The van der Waals surface area contributed by atoms with Crippen molar-refractivity contribution in [1.82, 2.24) is 4.90 Å². The summed E-state index contributed by atoms with van der Waals surface area (Å²) < 4.78 is 11.6. The molecule has 5 rings (SSSR count). The average molecular weight is 605 g/mol. The molecule has 7 nitrogen and oxygen atoms in total. The molecule has 0 fully saturated rings. The lowest BCUT2D eigenvalue weighted by Crippen LogP contribution is -2.43. The van der Waals surface area contributed by atoms with Crippen LogP contribution in [0.3, 0.4) is 0 Å². The molecule has 0 unspecified atom stereocenters. The van der Waals surface area contributed by atoms with E-state index in [2.05, 4.69) is 37.9 Å². The number of Topliss-reactive ketones (excluding diaryl/α,β-unsaturated/α-hetero) is 2. The molecule has 2 aromatic carbocycles. The van der Waals surface area contributed by atoms with Crippen LogP contribution in [-0.2, 0) is 14.4 Å². The number of hydrogen-bond acceptors (Lipinski definition) is 6. The van der Waals surface area contributed by atoms with Gasteiger partial charge in [0.05, 0.1) is 12.1 Å². The number of amides is 1. The number of halogens is 1. The Balaban J connectivity index is 1.53. The van der Waals surface area contributed by atoms with Gasteiger partial charge in [0.15, 0.2) is 29.7 Å². The second kappa shape index (κ2) is 11.2. The summed E-state index contributed by atoms with van der Waals surface area (Å²) in [5.74, 6) is -0.232. The maximum absolute atomic E-state index is 13.8. The van der Waals surface area contributed by atoms with Crippen molar-refractivity contribution < 1.29 is 23.9 Å². The molecule has 0 atom stereocenters. The molecule has 3 aliphatic rings. The molecule has 1 amide bonds. The van der Waals surface area contributed by atoms with Crippen molar-refractivity contribution >= 4 is 34.8 Å². The number of allylic oxidation sites excluding steroid dienone is 4. The second-order valence-electron chi connectivity index (χ2n) is 13.8. The van der Waals surface area contributed by atoms with E-state index in [1.165, 1.54) is 7.11 Å². The molecule has 0 saturated carbocycles. The molecule has 0 aromatic heterocycles. The van der Waals surface area contributed by atoms with Gasteiger partial charge in [-0.1, -0.05) is 51.4 Å².